The van der Waals surface area contributed by atoms with Gasteiger partial charge in [-0.2, -0.15) is 46.8 Å². The predicted octanol–water partition coefficient (Wildman–Crippen LogP) is 13.3. The number of carbonyl (C=O) groups excluding carboxylic acids is 6. The molecule has 366 valence electrons. The van der Waals surface area contributed by atoms with Crippen LogP contribution in [0.3, 0.4) is 0 Å². The molecule has 5 aromatic rings. The molecule has 2 atom stereocenters. The molecule has 0 saturated carbocycles. The van der Waals surface area contributed by atoms with Crippen molar-refractivity contribution >= 4 is 116 Å². The maximum atomic E-state index is 13.6. The molecule has 0 aliphatic heterocycles. The molecule has 0 bridgehead atoms. The normalized spacial score (nSPS) is 12.7. The highest BCUT2D eigenvalue weighted by Crippen LogP contribution is 2.39. The maximum absolute atomic E-state index is 13.6. The van der Waals surface area contributed by atoms with Gasteiger partial charge < -0.3 is 21.3 Å². The largest absolute Gasteiger partial charge is 0.418 e. The quantitative estimate of drug-likeness (QED) is 0.0430. The molecule has 0 saturated heterocycles. The third kappa shape index (κ3) is 13.7. The fourth-order valence-electron chi connectivity index (χ4n) is 6.36. The van der Waals surface area contributed by atoms with Crippen molar-refractivity contribution < 1.29 is 55.1 Å². The summed E-state index contributed by atoms with van der Waals surface area (Å²) in [6.07, 6.45) is -9.18. The lowest BCUT2D eigenvalue weighted by atomic mass is 10.0. The molecule has 14 nitrogen and oxygen atoms in total. The van der Waals surface area contributed by atoms with Gasteiger partial charge in [-0.15, -0.1) is 0 Å². The van der Waals surface area contributed by atoms with Crippen LogP contribution in [0.5, 0.6) is 0 Å². The Morgan fingerprint density at radius 3 is 1.17 bits per heavy atom. The molecule has 4 amide bonds. The lowest BCUT2D eigenvalue weighted by Crippen LogP contribution is -2.33. The van der Waals surface area contributed by atoms with Gasteiger partial charge in [0.15, 0.2) is 11.6 Å². The fraction of sp³-hybridized carbons (Fsp3) is 0.217. The second-order valence-corrected chi connectivity index (χ2v) is 16.6. The number of alkyl halides is 6. The number of rotatable bonds is 16. The number of nitrogens with zero attached hydrogens (tertiary/aromatic N) is 4. The Morgan fingerprint density at radius 1 is 0.500 bits per heavy atom. The molecule has 0 spiro atoms. The zero-order valence-electron chi connectivity index (χ0n) is 36.7. The van der Waals surface area contributed by atoms with E-state index in [2.05, 4.69) is 41.7 Å². The van der Waals surface area contributed by atoms with Crippen LogP contribution in [0, 0.1) is 0 Å². The van der Waals surface area contributed by atoms with Crippen LogP contribution < -0.4 is 21.3 Å². The molecule has 2 unspecified atom stereocenters. The fourth-order valence-corrected chi connectivity index (χ4v) is 7.01. The van der Waals surface area contributed by atoms with Gasteiger partial charge in [0.25, 0.3) is 23.6 Å². The van der Waals surface area contributed by atoms with E-state index in [1.54, 1.807) is 13.8 Å². The van der Waals surface area contributed by atoms with Crippen LogP contribution in [0.15, 0.2) is 105 Å². The molecule has 0 fully saturated rings. The van der Waals surface area contributed by atoms with Gasteiger partial charge in [0.2, 0.25) is 12.1 Å². The van der Waals surface area contributed by atoms with Crippen molar-refractivity contribution in [1.82, 2.24) is 0 Å². The number of aryl methyl sites for hydroxylation is 2. The first-order chi connectivity index (χ1) is 32.8. The molecule has 0 heterocycles. The molecule has 0 aromatic heterocycles. The summed E-state index contributed by atoms with van der Waals surface area (Å²) in [5.41, 5.74) is -3.01. The second-order valence-electron chi connectivity index (χ2n) is 14.9. The van der Waals surface area contributed by atoms with Gasteiger partial charge in [-0.1, -0.05) is 60.3 Å². The molecule has 0 aliphatic rings. The molecular formula is C46H36Cl4F6N8O6. The highest BCUT2D eigenvalue weighted by Gasteiger charge is 2.36. The Bertz CT molecular complexity index is 2770. The summed E-state index contributed by atoms with van der Waals surface area (Å²) in [6, 6.07) is 12.1. The molecule has 70 heavy (non-hydrogen) atoms. The first kappa shape index (κ1) is 54.2. The van der Waals surface area contributed by atoms with Gasteiger partial charge in [-0.05, 0) is 123 Å². The van der Waals surface area contributed by atoms with Crippen LogP contribution in [0.2, 0.25) is 20.1 Å². The molecular weight excluding hydrogens is 1020 g/mol. The predicted molar refractivity (Wildman–Crippen MR) is 252 cm³/mol. The Hall–Kier alpha value is -6.74. The van der Waals surface area contributed by atoms with Gasteiger partial charge >= 0.3 is 12.4 Å². The topological polar surface area (TPSA) is 200 Å². The Kier molecular flexibility index (Phi) is 17.6. The zero-order valence-corrected chi connectivity index (χ0v) is 39.7. The summed E-state index contributed by atoms with van der Waals surface area (Å²) >= 11 is 24.0. The number of halogens is 10. The van der Waals surface area contributed by atoms with E-state index in [9.17, 15) is 55.1 Å². The van der Waals surface area contributed by atoms with Crippen molar-refractivity contribution in [3.05, 3.63) is 138 Å². The minimum absolute atomic E-state index is 0.0840. The van der Waals surface area contributed by atoms with Crippen LogP contribution >= 0.6 is 46.4 Å². The van der Waals surface area contributed by atoms with E-state index in [0.29, 0.717) is 23.3 Å². The summed E-state index contributed by atoms with van der Waals surface area (Å²) in [6.45, 7) is 5.59. The SMILES string of the molecule is CCc1cc(NC(=O)C(N=Nc2cc(C(=O)Nc3ccc(Cl)cc3C(F)(F)F)ccc2Cl)C(C)=O)c(CC)cc1NC(=O)C(N=Nc1cc(C(=O)Nc2ccc(Cl)cc2C(F)(F)F)ccc1Cl)C(C)=O. The summed E-state index contributed by atoms with van der Waals surface area (Å²) in [5.74, 6) is -5.36. The van der Waals surface area contributed by atoms with Crippen molar-refractivity contribution in [1.29, 1.82) is 0 Å². The van der Waals surface area contributed by atoms with Gasteiger partial charge in [0.05, 0.1) is 32.5 Å². The standard InChI is InChI=1S/C46H36Cl4F6N8O6/c1-5-23-15-36(60-44(70)40(22(4)66)64-62-38-18-26(8-12-32(38)50)42(68)58-34-14-10-28(48)20-30(34)46(54,55)56)24(6-2)16-35(23)59-43(69)39(21(3)65)63-61-37-17-25(7-11-31(37)49)41(67)57-33-13-9-27(47)19-29(33)45(51,52)53/h7-20,39-40H,5-6H2,1-4H3,(H,57,67)(H,58,68)(H,59,69)(H,60,70). The summed E-state index contributed by atoms with van der Waals surface area (Å²) in [4.78, 5) is 78.7. The van der Waals surface area contributed by atoms with Crippen LogP contribution in [0.1, 0.15) is 70.7 Å². The highest BCUT2D eigenvalue weighted by atomic mass is 35.5. The average Bonchev–Trinajstić information content (AvgIpc) is 3.28. The first-order valence-corrected chi connectivity index (χ1v) is 21.9. The van der Waals surface area contributed by atoms with Crippen LogP contribution in [0.4, 0.5) is 60.5 Å². The number of nitrogens with one attached hydrogen (secondary N) is 4. The molecule has 24 heteroatoms. The Morgan fingerprint density at radius 2 is 0.857 bits per heavy atom. The van der Waals surface area contributed by atoms with Crippen LogP contribution in [0.25, 0.3) is 0 Å². The zero-order chi connectivity index (χ0) is 51.8. The smallest absolute Gasteiger partial charge is 0.323 e. The molecule has 5 aromatic carbocycles. The molecule has 5 rings (SSSR count). The Labute approximate surface area is 414 Å². The van der Waals surface area contributed by atoms with Gasteiger partial charge in [0.1, 0.15) is 11.4 Å². The Balaban J connectivity index is 1.32. The lowest BCUT2D eigenvalue weighted by molar-refractivity contribution is -0.137. The van der Waals surface area contributed by atoms with Gasteiger partial charge in [0, 0.05) is 32.5 Å². The van der Waals surface area contributed by atoms with E-state index in [-0.39, 0.29) is 66.8 Å². The van der Waals surface area contributed by atoms with E-state index in [1.807, 2.05) is 0 Å². The van der Waals surface area contributed by atoms with Crippen molar-refractivity contribution in [3.8, 4) is 0 Å². The van der Waals surface area contributed by atoms with Gasteiger partial charge in [-0.25, -0.2) is 0 Å². The number of amides is 4. The van der Waals surface area contributed by atoms with E-state index in [1.165, 1.54) is 36.4 Å². The highest BCUT2D eigenvalue weighted by molar-refractivity contribution is 6.34. The lowest BCUT2D eigenvalue weighted by Gasteiger charge is -2.18. The van der Waals surface area contributed by atoms with Crippen molar-refractivity contribution in [2.45, 2.75) is 65.0 Å². The van der Waals surface area contributed by atoms with E-state index >= 15 is 0 Å². The van der Waals surface area contributed by atoms with Crippen LogP contribution in [-0.2, 0) is 44.4 Å². The number of anilines is 4. The third-order valence-electron chi connectivity index (χ3n) is 9.92. The van der Waals surface area contributed by atoms with Crippen molar-refractivity contribution in [2.24, 2.45) is 20.5 Å². The van der Waals surface area contributed by atoms with Crippen LogP contribution in [-0.4, -0.2) is 47.3 Å². The number of benzene rings is 5. The van der Waals surface area contributed by atoms with Crippen molar-refractivity contribution in [3.63, 3.8) is 0 Å². The first-order valence-electron chi connectivity index (χ1n) is 20.4. The molecule has 0 radical (unpaired) electrons. The van der Waals surface area contributed by atoms with E-state index < -0.39 is 82.1 Å². The number of hydrogen-bond acceptors (Lipinski definition) is 10. The minimum Gasteiger partial charge on any atom is -0.323 e. The number of azo groups is 2. The maximum Gasteiger partial charge on any atom is 0.418 e. The summed E-state index contributed by atoms with van der Waals surface area (Å²) in [7, 11) is 0. The number of carbonyl (C=O) groups is 6. The minimum atomic E-state index is -4.85. The monoisotopic (exact) mass is 1050 g/mol. The summed E-state index contributed by atoms with van der Waals surface area (Å²) < 4.78 is 81.8. The van der Waals surface area contributed by atoms with Crippen molar-refractivity contribution in [2.75, 3.05) is 21.3 Å². The number of hydrogen-bond donors (Lipinski definition) is 4. The molecule has 4 N–H and O–H groups in total. The third-order valence-corrected chi connectivity index (χ3v) is 11.0. The van der Waals surface area contributed by atoms with Gasteiger partial charge in [-0.3, -0.25) is 28.8 Å². The molecule has 0 aliphatic carbocycles. The average molecular weight is 1050 g/mol. The number of Topliss-reactive ketones (excluding diaryl/α,β-unsaturated/α-hetero) is 2. The second kappa shape index (κ2) is 22.8. The summed E-state index contributed by atoms with van der Waals surface area (Å²) in [5, 5.41) is 24.6. The van der Waals surface area contributed by atoms with E-state index in [0.717, 1.165) is 50.2 Å². The number of ketones is 2. The van der Waals surface area contributed by atoms with E-state index in [4.69, 9.17) is 46.4 Å².